The van der Waals surface area contributed by atoms with Gasteiger partial charge in [0, 0.05) is 5.75 Å². The van der Waals surface area contributed by atoms with Gasteiger partial charge in [-0.15, -0.1) is 0 Å². The van der Waals surface area contributed by atoms with E-state index < -0.39 is 30.9 Å². The van der Waals surface area contributed by atoms with Crippen molar-refractivity contribution < 1.29 is 26.4 Å². The largest absolute Gasteiger partial charge is 0.469 e. The molecule has 0 aliphatic carbocycles. The lowest BCUT2D eigenvalue weighted by atomic mass is 10.3. The number of hydrogen-bond donors (Lipinski definition) is 0. The molecular weight excluding hydrogens is 280 g/mol. The van der Waals surface area contributed by atoms with Crippen LogP contribution in [0, 0.1) is 0 Å². The summed E-state index contributed by atoms with van der Waals surface area (Å²) >= 11 is 0. The Hall–Kier alpha value is -0.630. The molecule has 0 N–H and O–H groups in total. The van der Waals surface area contributed by atoms with Crippen LogP contribution in [0.1, 0.15) is 26.7 Å². The van der Waals surface area contributed by atoms with Gasteiger partial charge in [-0.2, -0.15) is 0 Å². The van der Waals surface area contributed by atoms with Gasteiger partial charge >= 0.3 is 5.97 Å². The van der Waals surface area contributed by atoms with Crippen molar-refractivity contribution in [2.75, 3.05) is 24.4 Å². The highest BCUT2D eigenvalue weighted by Gasteiger charge is 2.24. The number of sulfone groups is 2. The third kappa shape index (κ3) is 6.34. The molecule has 0 aromatic heterocycles. The Balaban J connectivity index is 4.36. The second-order valence-electron chi connectivity index (χ2n) is 4.05. The van der Waals surface area contributed by atoms with Gasteiger partial charge in [-0.25, -0.2) is 16.8 Å². The van der Waals surface area contributed by atoms with E-state index in [1.54, 1.807) is 0 Å². The summed E-state index contributed by atoms with van der Waals surface area (Å²) in [6.45, 7) is 2.93. The first-order valence-electron chi connectivity index (χ1n) is 5.63. The number of carbonyl (C=O) groups is 1. The Morgan fingerprint density at radius 1 is 1.17 bits per heavy atom. The van der Waals surface area contributed by atoms with Gasteiger partial charge in [0.25, 0.3) is 0 Å². The predicted molar refractivity (Wildman–Crippen MR) is 68.8 cm³/mol. The maximum atomic E-state index is 11.8. The number of esters is 1. The number of ether oxygens (including phenoxy) is 1. The second-order valence-corrected chi connectivity index (χ2v) is 9.06. The van der Waals surface area contributed by atoms with Gasteiger partial charge in [0.1, 0.15) is 9.84 Å². The molecule has 0 aliphatic heterocycles. The standard InChI is InChI=1S/C10H20O6S2/c1-4-17(12,13)6-5-7-18(14,15)9(2)8-10(11)16-3/h9H,4-8H2,1-3H3. The summed E-state index contributed by atoms with van der Waals surface area (Å²) in [6.07, 6.45) is -0.149. The molecule has 18 heavy (non-hydrogen) atoms. The zero-order chi connectivity index (χ0) is 14.4. The van der Waals surface area contributed by atoms with Gasteiger partial charge in [0.2, 0.25) is 0 Å². The molecule has 108 valence electrons. The van der Waals surface area contributed by atoms with E-state index in [1.807, 2.05) is 0 Å². The highest BCUT2D eigenvalue weighted by Crippen LogP contribution is 2.09. The zero-order valence-electron chi connectivity index (χ0n) is 10.9. The first-order chi connectivity index (χ1) is 8.14. The fraction of sp³-hybridized carbons (Fsp3) is 0.900. The van der Waals surface area contributed by atoms with Crippen molar-refractivity contribution in [2.24, 2.45) is 0 Å². The average Bonchev–Trinajstić information content (AvgIpc) is 2.28. The minimum Gasteiger partial charge on any atom is -0.469 e. The van der Waals surface area contributed by atoms with Crippen LogP contribution in [0.5, 0.6) is 0 Å². The molecule has 0 heterocycles. The van der Waals surface area contributed by atoms with E-state index in [9.17, 15) is 21.6 Å². The quantitative estimate of drug-likeness (QED) is 0.593. The van der Waals surface area contributed by atoms with E-state index in [0.717, 1.165) is 0 Å². The summed E-state index contributed by atoms with van der Waals surface area (Å²) in [5.41, 5.74) is 0. The molecule has 0 saturated heterocycles. The SMILES string of the molecule is CCS(=O)(=O)CCCS(=O)(=O)C(C)CC(=O)OC. The number of rotatable bonds is 8. The van der Waals surface area contributed by atoms with Crippen molar-refractivity contribution in [1.82, 2.24) is 0 Å². The highest BCUT2D eigenvalue weighted by molar-refractivity contribution is 7.92. The lowest BCUT2D eigenvalue weighted by Gasteiger charge is -2.11. The lowest BCUT2D eigenvalue weighted by molar-refractivity contribution is -0.140. The molecule has 0 saturated carbocycles. The molecule has 0 radical (unpaired) electrons. The fourth-order valence-electron chi connectivity index (χ4n) is 1.27. The molecule has 0 amide bonds. The van der Waals surface area contributed by atoms with Crippen LogP contribution in [0.2, 0.25) is 0 Å². The summed E-state index contributed by atoms with van der Waals surface area (Å²) in [4.78, 5) is 11.0. The molecule has 0 fully saturated rings. The Bertz CT molecular complexity index is 463. The molecule has 0 aromatic carbocycles. The molecule has 0 spiro atoms. The third-order valence-corrected chi connectivity index (χ3v) is 6.66. The molecule has 0 aliphatic rings. The van der Waals surface area contributed by atoms with Crippen LogP contribution in [-0.4, -0.2) is 52.4 Å². The summed E-state index contributed by atoms with van der Waals surface area (Å²) in [5.74, 6) is -0.963. The molecule has 0 bridgehead atoms. The van der Waals surface area contributed by atoms with Crippen molar-refractivity contribution in [3.05, 3.63) is 0 Å². The van der Waals surface area contributed by atoms with E-state index in [1.165, 1.54) is 21.0 Å². The van der Waals surface area contributed by atoms with E-state index in [-0.39, 0.29) is 30.1 Å². The molecule has 0 rings (SSSR count). The van der Waals surface area contributed by atoms with Gasteiger partial charge < -0.3 is 4.74 Å². The van der Waals surface area contributed by atoms with Crippen LogP contribution in [0.3, 0.4) is 0 Å². The number of methoxy groups -OCH3 is 1. The van der Waals surface area contributed by atoms with Crippen LogP contribution in [0.4, 0.5) is 0 Å². The third-order valence-electron chi connectivity index (χ3n) is 2.62. The lowest BCUT2D eigenvalue weighted by Crippen LogP contribution is -2.25. The summed E-state index contributed by atoms with van der Waals surface area (Å²) in [5, 5.41) is -0.853. The summed E-state index contributed by atoms with van der Waals surface area (Å²) in [7, 11) is -5.42. The van der Waals surface area contributed by atoms with Gasteiger partial charge in [-0.05, 0) is 13.3 Å². The van der Waals surface area contributed by atoms with Gasteiger partial charge in [0.05, 0.1) is 30.3 Å². The Labute approximate surface area is 109 Å². The van der Waals surface area contributed by atoms with E-state index >= 15 is 0 Å². The molecular formula is C10H20O6S2. The van der Waals surface area contributed by atoms with E-state index in [2.05, 4.69) is 4.74 Å². The van der Waals surface area contributed by atoms with Crippen molar-refractivity contribution in [3.63, 3.8) is 0 Å². The van der Waals surface area contributed by atoms with Crippen molar-refractivity contribution in [2.45, 2.75) is 31.9 Å². The summed E-state index contributed by atoms with van der Waals surface area (Å²) < 4.78 is 50.3. The Kier molecular flexibility index (Phi) is 6.83. The Morgan fingerprint density at radius 3 is 2.17 bits per heavy atom. The van der Waals surface area contributed by atoms with Gasteiger partial charge in [0.15, 0.2) is 9.84 Å². The molecule has 6 nitrogen and oxygen atoms in total. The van der Waals surface area contributed by atoms with Crippen molar-refractivity contribution in [3.8, 4) is 0 Å². The van der Waals surface area contributed by atoms with Crippen LogP contribution in [-0.2, 0) is 29.2 Å². The van der Waals surface area contributed by atoms with Crippen LogP contribution in [0.25, 0.3) is 0 Å². The van der Waals surface area contributed by atoms with Crippen LogP contribution >= 0.6 is 0 Å². The first-order valence-corrected chi connectivity index (χ1v) is 9.17. The smallest absolute Gasteiger partial charge is 0.306 e. The predicted octanol–water partition coefficient (Wildman–Crippen LogP) is 0.178. The summed E-state index contributed by atoms with van der Waals surface area (Å²) in [6, 6.07) is 0. The van der Waals surface area contributed by atoms with E-state index in [4.69, 9.17) is 0 Å². The van der Waals surface area contributed by atoms with E-state index in [0.29, 0.717) is 0 Å². The molecule has 1 atom stereocenters. The van der Waals surface area contributed by atoms with Crippen LogP contribution < -0.4 is 0 Å². The molecule has 1 unspecified atom stereocenters. The second kappa shape index (κ2) is 7.08. The zero-order valence-corrected chi connectivity index (χ0v) is 12.5. The van der Waals surface area contributed by atoms with Gasteiger partial charge in [-0.1, -0.05) is 6.92 Å². The number of hydrogen-bond acceptors (Lipinski definition) is 6. The molecule has 8 heteroatoms. The van der Waals surface area contributed by atoms with Gasteiger partial charge in [-0.3, -0.25) is 4.79 Å². The maximum absolute atomic E-state index is 11.8. The van der Waals surface area contributed by atoms with Crippen LogP contribution in [0.15, 0.2) is 0 Å². The van der Waals surface area contributed by atoms with Crippen molar-refractivity contribution >= 4 is 25.6 Å². The maximum Gasteiger partial charge on any atom is 0.306 e. The Morgan fingerprint density at radius 2 is 1.72 bits per heavy atom. The van der Waals surface area contributed by atoms with Crippen molar-refractivity contribution in [1.29, 1.82) is 0 Å². The highest BCUT2D eigenvalue weighted by atomic mass is 32.2. The normalized spacial score (nSPS) is 14.2. The number of carbonyl (C=O) groups excluding carboxylic acids is 1. The monoisotopic (exact) mass is 300 g/mol. The fourth-order valence-corrected chi connectivity index (χ4v) is 3.67. The minimum atomic E-state index is -3.46. The molecule has 0 aromatic rings. The topological polar surface area (TPSA) is 94.6 Å². The minimum absolute atomic E-state index is 0.00472. The first kappa shape index (κ1) is 17.4. The average molecular weight is 300 g/mol.